The molecule has 0 radical (unpaired) electrons. The maximum atomic E-state index is 13.0. The van der Waals surface area contributed by atoms with E-state index in [0.717, 1.165) is 40.6 Å². The number of benzene rings is 3. The van der Waals surface area contributed by atoms with Gasteiger partial charge < -0.3 is 0 Å². The van der Waals surface area contributed by atoms with Crippen molar-refractivity contribution in [2.24, 2.45) is 0 Å². The molecule has 0 spiro atoms. The summed E-state index contributed by atoms with van der Waals surface area (Å²) in [5, 5.41) is -0.274. The van der Waals surface area contributed by atoms with Gasteiger partial charge in [0.15, 0.2) is 0 Å². The highest BCUT2D eigenvalue weighted by Gasteiger charge is 2.34. The number of alkyl halides is 3. The Hall–Kier alpha value is -2.98. The van der Waals surface area contributed by atoms with Gasteiger partial charge in [-0.25, -0.2) is 8.42 Å². The van der Waals surface area contributed by atoms with E-state index >= 15 is 0 Å². The molecule has 1 unspecified atom stereocenters. The minimum absolute atomic E-state index is 0.0208. The molecule has 3 aromatic carbocycles. The van der Waals surface area contributed by atoms with Crippen molar-refractivity contribution in [2.75, 3.05) is 15.4 Å². The van der Waals surface area contributed by atoms with Crippen LogP contribution in [0.2, 0.25) is 0 Å². The van der Waals surface area contributed by atoms with Crippen LogP contribution < -0.4 is 9.62 Å². The predicted octanol–water partition coefficient (Wildman–Crippen LogP) is 5.90. The van der Waals surface area contributed by atoms with E-state index in [9.17, 15) is 26.4 Å². The number of carbonyl (C=O) groups excluding carboxylic acids is 1. The first-order valence-electron chi connectivity index (χ1n) is 10.3. The lowest BCUT2D eigenvalue weighted by atomic mass is 10.1. The number of aryl methyl sites for hydroxylation is 2. The van der Waals surface area contributed by atoms with Crippen molar-refractivity contribution < 1.29 is 26.4 Å². The van der Waals surface area contributed by atoms with Crippen LogP contribution >= 0.6 is 11.8 Å². The Kier molecular flexibility index (Phi) is 6.39. The zero-order valence-electron chi connectivity index (χ0n) is 18.3. The smallest absolute Gasteiger partial charge is 0.295 e. The minimum Gasteiger partial charge on any atom is -0.295 e. The third-order valence-corrected chi connectivity index (χ3v) is 8.15. The molecule has 1 atom stereocenters. The van der Waals surface area contributed by atoms with Crippen molar-refractivity contribution in [3.05, 3.63) is 89.0 Å². The molecular weight excluding hydrogens is 485 g/mol. The molecular formula is C24H21F3N2O3S2. The zero-order valence-corrected chi connectivity index (χ0v) is 19.9. The molecule has 1 amide bonds. The molecule has 0 aliphatic carbocycles. The third kappa shape index (κ3) is 4.92. The standard InChI is InChI=1S/C24H21F3N2O3S2/c1-15-6-11-20(12-16(15)2)29-22(30)14-33-23(29)17-7-9-19(10-8-17)28-34(31,32)21-5-3-4-18(13-21)24(25,26)27/h3-13,23,28H,14H2,1-2H3. The Bertz CT molecular complexity index is 1340. The number of hydrogen-bond acceptors (Lipinski definition) is 4. The average Bonchev–Trinajstić information content (AvgIpc) is 3.17. The van der Waals surface area contributed by atoms with E-state index in [-0.39, 0.29) is 17.0 Å². The average molecular weight is 507 g/mol. The summed E-state index contributed by atoms with van der Waals surface area (Å²) < 4.78 is 66.4. The van der Waals surface area contributed by atoms with Crippen LogP contribution in [0, 0.1) is 13.8 Å². The van der Waals surface area contributed by atoms with Crippen molar-refractivity contribution in [1.82, 2.24) is 0 Å². The van der Waals surface area contributed by atoms with E-state index < -0.39 is 26.7 Å². The summed E-state index contributed by atoms with van der Waals surface area (Å²) >= 11 is 1.47. The first-order valence-corrected chi connectivity index (χ1v) is 12.8. The van der Waals surface area contributed by atoms with Gasteiger partial charge in [-0.1, -0.05) is 24.3 Å². The highest BCUT2D eigenvalue weighted by atomic mass is 32.2. The van der Waals surface area contributed by atoms with Crippen molar-refractivity contribution >= 4 is 39.1 Å². The summed E-state index contributed by atoms with van der Waals surface area (Å²) in [6.07, 6.45) is -4.65. The summed E-state index contributed by atoms with van der Waals surface area (Å²) in [6, 6.07) is 15.9. The summed E-state index contributed by atoms with van der Waals surface area (Å²) in [4.78, 5) is 13.8. The Labute approximate surface area is 200 Å². The summed E-state index contributed by atoms with van der Waals surface area (Å²) in [7, 11) is -4.22. The molecule has 1 fully saturated rings. The van der Waals surface area contributed by atoms with Crippen molar-refractivity contribution in [3.8, 4) is 0 Å². The molecule has 1 saturated heterocycles. The minimum atomic E-state index is -4.65. The van der Waals surface area contributed by atoms with Crippen LogP contribution in [-0.2, 0) is 21.0 Å². The summed E-state index contributed by atoms with van der Waals surface area (Å²) in [5.41, 5.74) is 2.94. The van der Waals surface area contributed by atoms with E-state index in [2.05, 4.69) is 4.72 Å². The van der Waals surface area contributed by atoms with Crippen LogP contribution in [0.4, 0.5) is 24.5 Å². The van der Waals surface area contributed by atoms with Gasteiger partial charge in [0, 0.05) is 11.4 Å². The molecule has 0 bridgehead atoms. The van der Waals surface area contributed by atoms with Crippen LogP contribution in [0.25, 0.3) is 0 Å². The Morgan fingerprint density at radius 2 is 1.68 bits per heavy atom. The number of nitrogens with one attached hydrogen (secondary N) is 1. The molecule has 0 aromatic heterocycles. The lowest BCUT2D eigenvalue weighted by Crippen LogP contribution is -2.27. The molecule has 4 rings (SSSR count). The summed E-state index contributed by atoms with van der Waals surface area (Å²) in [6.45, 7) is 3.98. The van der Waals surface area contributed by atoms with Crippen molar-refractivity contribution in [2.45, 2.75) is 30.3 Å². The second-order valence-electron chi connectivity index (χ2n) is 7.95. The van der Waals surface area contributed by atoms with Gasteiger partial charge in [-0.05, 0) is 73.0 Å². The van der Waals surface area contributed by atoms with E-state index in [1.165, 1.54) is 23.9 Å². The Balaban J connectivity index is 1.56. The topological polar surface area (TPSA) is 66.5 Å². The monoisotopic (exact) mass is 506 g/mol. The number of thioether (sulfide) groups is 1. The van der Waals surface area contributed by atoms with Crippen molar-refractivity contribution in [1.29, 1.82) is 0 Å². The number of hydrogen-bond donors (Lipinski definition) is 1. The molecule has 10 heteroatoms. The molecule has 1 aliphatic heterocycles. The molecule has 34 heavy (non-hydrogen) atoms. The van der Waals surface area contributed by atoms with Gasteiger partial charge in [0.2, 0.25) is 5.91 Å². The number of anilines is 2. The fourth-order valence-corrected chi connectivity index (χ4v) is 5.88. The second kappa shape index (κ2) is 8.99. The van der Waals surface area contributed by atoms with Crippen LogP contribution in [0.1, 0.15) is 27.6 Å². The quantitative estimate of drug-likeness (QED) is 0.468. The normalized spacial score (nSPS) is 16.7. The van der Waals surface area contributed by atoms with Gasteiger partial charge in [-0.15, -0.1) is 11.8 Å². The largest absolute Gasteiger partial charge is 0.416 e. The number of nitrogens with zero attached hydrogens (tertiary/aromatic N) is 1. The maximum Gasteiger partial charge on any atom is 0.416 e. The van der Waals surface area contributed by atoms with E-state index in [1.807, 2.05) is 32.0 Å². The lowest BCUT2D eigenvalue weighted by molar-refractivity contribution is -0.137. The number of amides is 1. The van der Waals surface area contributed by atoms with Gasteiger partial charge in [0.25, 0.3) is 10.0 Å². The fraction of sp³-hybridized carbons (Fsp3) is 0.208. The molecule has 1 heterocycles. The zero-order chi connectivity index (χ0) is 24.7. The number of halogens is 3. The van der Waals surface area contributed by atoms with Gasteiger partial charge in [0.1, 0.15) is 5.37 Å². The molecule has 5 nitrogen and oxygen atoms in total. The van der Waals surface area contributed by atoms with E-state index in [4.69, 9.17) is 0 Å². The van der Waals surface area contributed by atoms with Gasteiger partial charge in [0.05, 0.1) is 16.2 Å². The second-order valence-corrected chi connectivity index (χ2v) is 10.7. The highest BCUT2D eigenvalue weighted by molar-refractivity contribution is 8.00. The molecule has 178 valence electrons. The first-order chi connectivity index (χ1) is 16.0. The van der Waals surface area contributed by atoms with Gasteiger partial charge in [-0.3, -0.25) is 14.4 Å². The van der Waals surface area contributed by atoms with Gasteiger partial charge in [-0.2, -0.15) is 13.2 Å². The number of rotatable bonds is 5. The van der Waals surface area contributed by atoms with E-state index in [0.29, 0.717) is 11.8 Å². The predicted molar refractivity (Wildman–Crippen MR) is 127 cm³/mol. The molecule has 3 aromatic rings. The molecule has 0 saturated carbocycles. The van der Waals surface area contributed by atoms with Crippen LogP contribution in [0.5, 0.6) is 0 Å². The number of carbonyl (C=O) groups is 1. The molecule has 1 aliphatic rings. The Morgan fingerprint density at radius 1 is 0.971 bits per heavy atom. The number of sulfonamides is 1. The van der Waals surface area contributed by atoms with Crippen LogP contribution in [0.3, 0.4) is 0 Å². The maximum absolute atomic E-state index is 13.0. The Morgan fingerprint density at radius 3 is 2.32 bits per heavy atom. The van der Waals surface area contributed by atoms with Crippen LogP contribution in [-0.4, -0.2) is 20.1 Å². The first kappa shape index (κ1) is 24.2. The fourth-order valence-electron chi connectivity index (χ4n) is 3.59. The van der Waals surface area contributed by atoms with Crippen LogP contribution in [0.15, 0.2) is 71.6 Å². The highest BCUT2D eigenvalue weighted by Crippen LogP contribution is 2.42. The summed E-state index contributed by atoms with van der Waals surface area (Å²) in [5.74, 6) is 0.300. The van der Waals surface area contributed by atoms with Crippen molar-refractivity contribution in [3.63, 3.8) is 0 Å². The molecule has 1 N–H and O–H groups in total. The third-order valence-electron chi connectivity index (χ3n) is 5.56. The van der Waals surface area contributed by atoms with Gasteiger partial charge >= 0.3 is 6.18 Å². The lowest BCUT2D eigenvalue weighted by Gasteiger charge is -2.25. The van der Waals surface area contributed by atoms with E-state index in [1.54, 1.807) is 17.0 Å². The SMILES string of the molecule is Cc1ccc(N2C(=O)CSC2c2ccc(NS(=O)(=O)c3cccc(C(F)(F)F)c3)cc2)cc1C.